The third-order valence-corrected chi connectivity index (χ3v) is 11.3. The molecule has 0 aliphatic rings. The summed E-state index contributed by atoms with van der Waals surface area (Å²) in [6.45, 7) is 34.8. The topological polar surface area (TPSA) is 9.86 Å². The first-order chi connectivity index (χ1) is 23.9. The van der Waals surface area contributed by atoms with Gasteiger partial charge in [-0.05, 0) is 122 Å². The number of benzene rings is 5. The number of rotatable bonds is 2. The number of aromatic nitrogens is 2. The van der Waals surface area contributed by atoms with Gasteiger partial charge in [0.05, 0.1) is 22.1 Å². The predicted molar refractivity (Wildman–Crippen MR) is 229 cm³/mol. The monoisotopic (exact) mass is 688 g/mol. The summed E-state index contributed by atoms with van der Waals surface area (Å²) in [7, 11) is 0. The Morgan fingerprint density at radius 3 is 0.712 bits per heavy atom. The summed E-state index contributed by atoms with van der Waals surface area (Å²) in [6, 6.07) is 35.9. The number of nitrogens with zero attached hydrogens (tertiary/aromatic N) is 2. The lowest BCUT2D eigenvalue weighted by atomic mass is 9.85. The highest BCUT2D eigenvalue weighted by atomic mass is 15.0. The Balaban J connectivity index is 1.59. The van der Waals surface area contributed by atoms with Crippen LogP contribution in [0.25, 0.3) is 55.0 Å². The molecule has 2 heteroatoms. The molecule has 2 aromatic heterocycles. The number of hydrogen-bond donors (Lipinski definition) is 0. The van der Waals surface area contributed by atoms with Crippen molar-refractivity contribution in [2.24, 2.45) is 0 Å². The molecule has 52 heavy (non-hydrogen) atoms. The third kappa shape index (κ3) is 6.17. The number of hydrogen-bond acceptors (Lipinski definition) is 0. The normalized spacial score (nSPS) is 13.7. The van der Waals surface area contributed by atoms with Gasteiger partial charge in [-0.25, -0.2) is 0 Å². The van der Waals surface area contributed by atoms with E-state index in [1.165, 1.54) is 82.8 Å². The fourth-order valence-corrected chi connectivity index (χ4v) is 7.76. The molecular formula is C50H60N2. The molecule has 7 rings (SSSR count). The van der Waals surface area contributed by atoms with Gasteiger partial charge in [0, 0.05) is 32.9 Å². The van der Waals surface area contributed by atoms with Crippen LogP contribution in [0.15, 0.2) is 91.0 Å². The van der Waals surface area contributed by atoms with Gasteiger partial charge >= 0.3 is 0 Å². The quantitative estimate of drug-likeness (QED) is 0.171. The highest BCUT2D eigenvalue weighted by molar-refractivity contribution is 6.11. The predicted octanol–water partition coefficient (Wildman–Crippen LogP) is 14.4. The Morgan fingerprint density at radius 1 is 0.269 bits per heavy atom. The highest BCUT2D eigenvalue weighted by Crippen LogP contribution is 2.42. The molecule has 0 atom stereocenters. The van der Waals surface area contributed by atoms with Crippen LogP contribution in [0.5, 0.6) is 0 Å². The van der Waals surface area contributed by atoms with Crippen LogP contribution in [0.2, 0.25) is 0 Å². The van der Waals surface area contributed by atoms with Crippen molar-refractivity contribution in [1.82, 2.24) is 9.13 Å². The van der Waals surface area contributed by atoms with E-state index in [9.17, 15) is 0 Å². The molecule has 0 unspecified atom stereocenters. The maximum atomic E-state index is 2.52. The molecule has 0 aliphatic heterocycles. The Kier molecular flexibility index (Phi) is 8.05. The van der Waals surface area contributed by atoms with Gasteiger partial charge in [0.1, 0.15) is 0 Å². The van der Waals surface area contributed by atoms with Gasteiger partial charge in [-0.1, -0.05) is 128 Å². The fourth-order valence-electron chi connectivity index (χ4n) is 7.76. The van der Waals surface area contributed by atoms with E-state index in [0.717, 1.165) is 0 Å². The van der Waals surface area contributed by atoms with E-state index in [4.69, 9.17) is 0 Å². The first-order valence-corrected chi connectivity index (χ1v) is 19.3. The molecule has 0 spiro atoms. The van der Waals surface area contributed by atoms with E-state index in [1.807, 2.05) is 0 Å². The van der Waals surface area contributed by atoms with Crippen molar-refractivity contribution >= 4 is 43.6 Å². The van der Waals surface area contributed by atoms with Crippen molar-refractivity contribution in [3.05, 3.63) is 119 Å². The Labute approximate surface area is 312 Å². The summed E-state index contributed by atoms with van der Waals surface area (Å²) in [4.78, 5) is 0. The van der Waals surface area contributed by atoms with E-state index in [-0.39, 0.29) is 27.1 Å². The lowest BCUT2D eigenvalue weighted by molar-refractivity contribution is 0.589. The van der Waals surface area contributed by atoms with Crippen LogP contribution >= 0.6 is 0 Å². The minimum Gasteiger partial charge on any atom is -0.309 e. The van der Waals surface area contributed by atoms with Gasteiger partial charge in [0.15, 0.2) is 0 Å². The average Bonchev–Trinajstić information content (AvgIpc) is 3.54. The van der Waals surface area contributed by atoms with Gasteiger partial charge < -0.3 is 9.13 Å². The van der Waals surface area contributed by atoms with Crippen molar-refractivity contribution in [3.63, 3.8) is 0 Å². The third-order valence-electron chi connectivity index (χ3n) is 11.3. The smallest absolute Gasteiger partial charge is 0.0541 e. The first-order valence-electron chi connectivity index (χ1n) is 19.3. The molecule has 0 radical (unpaired) electrons. The largest absolute Gasteiger partial charge is 0.309 e. The van der Waals surface area contributed by atoms with E-state index < -0.39 is 0 Å². The van der Waals surface area contributed by atoms with Gasteiger partial charge in [-0.3, -0.25) is 0 Å². The van der Waals surface area contributed by atoms with E-state index in [1.54, 1.807) is 0 Å². The molecular weight excluding hydrogens is 629 g/mol. The minimum atomic E-state index is -0.0557. The van der Waals surface area contributed by atoms with Gasteiger partial charge in [-0.15, -0.1) is 0 Å². The lowest BCUT2D eigenvalue weighted by Crippen LogP contribution is -2.13. The first kappa shape index (κ1) is 36.1. The lowest BCUT2D eigenvalue weighted by Gasteiger charge is -2.24. The van der Waals surface area contributed by atoms with Crippen molar-refractivity contribution in [2.45, 2.75) is 131 Å². The van der Waals surface area contributed by atoms with Crippen LogP contribution in [-0.2, 0) is 27.1 Å². The molecule has 2 nitrogen and oxygen atoms in total. The van der Waals surface area contributed by atoms with Gasteiger partial charge in [-0.2, -0.15) is 0 Å². The van der Waals surface area contributed by atoms with Crippen molar-refractivity contribution in [3.8, 4) is 11.4 Å². The molecule has 0 saturated carbocycles. The summed E-state index contributed by atoms with van der Waals surface area (Å²) in [6.07, 6.45) is 0. The molecule has 7 aromatic rings. The van der Waals surface area contributed by atoms with Gasteiger partial charge in [0.25, 0.3) is 0 Å². The van der Waals surface area contributed by atoms with Crippen molar-refractivity contribution in [2.75, 3.05) is 0 Å². The second kappa shape index (κ2) is 11.6. The van der Waals surface area contributed by atoms with Gasteiger partial charge in [0.2, 0.25) is 0 Å². The summed E-state index contributed by atoms with van der Waals surface area (Å²) in [5.41, 5.74) is 14.3. The minimum absolute atomic E-state index is 0.0554. The second-order valence-corrected chi connectivity index (χ2v) is 20.6. The Bertz CT molecular complexity index is 2200. The molecule has 0 fully saturated rings. The SMILES string of the molecule is CC(C)(C)c1cc(-n2c3ccc(C(C)(C)C)cc3c3cc(C(C)(C)C)ccc32)cc(-n2c3ccc(C(C)(C)C)cc3c3cc(C(C)(C)C)ccc32)c1. The molecule has 0 N–H and O–H groups in total. The molecule has 0 amide bonds. The zero-order valence-electron chi connectivity index (χ0n) is 34.6. The molecule has 0 saturated heterocycles. The van der Waals surface area contributed by atoms with E-state index in [0.29, 0.717) is 0 Å². The standard InChI is InChI=1S/C50H60N2/c1-46(2,3)31-16-20-42-38(26-31)39-27-32(47(4,5)6)17-21-43(39)51(42)36-24-35(50(13,14)15)25-37(30-36)52-44-22-18-33(48(7,8)9)28-40(44)41-29-34(49(10,11)12)19-23-45(41)52/h16-30H,1-15H3. The molecule has 270 valence electrons. The summed E-state index contributed by atoms with van der Waals surface area (Å²) in [5.74, 6) is 0. The Hall–Kier alpha value is -4.30. The molecule has 5 aromatic carbocycles. The maximum Gasteiger partial charge on any atom is 0.0541 e. The summed E-state index contributed by atoms with van der Waals surface area (Å²) in [5, 5.41) is 5.27. The van der Waals surface area contributed by atoms with Crippen LogP contribution in [0.1, 0.15) is 132 Å². The van der Waals surface area contributed by atoms with Crippen LogP contribution in [-0.4, -0.2) is 9.13 Å². The van der Waals surface area contributed by atoms with E-state index in [2.05, 4.69) is 204 Å². The highest BCUT2D eigenvalue weighted by Gasteiger charge is 2.25. The molecule has 0 aliphatic carbocycles. The molecule has 2 heterocycles. The van der Waals surface area contributed by atoms with Crippen molar-refractivity contribution < 1.29 is 0 Å². The van der Waals surface area contributed by atoms with Crippen LogP contribution in [0.4, 0.5) is 0 Å². The van der Waals surface area contributed by atoms with Crippen LogP contribution in [0.3, 0.4) is 0 Å². The van der Waals surface area contributed by atoms with Crippen LogP contribution in [0, 0.1) is 0 Å². The fraction of sp³-hybridized carbons (Fsp3) is 0.400. The second-order valence-electron chi connectivity index (χ2n) is 20.6. The number of fused-ring (bicyclic) bond motifs is 6. The Morgan fingerprint density at radius 2 is 0.500 bits per heavy atom. The van der Waals surface area contributed by atoms with E-state index >= 15 is 0 Å². The zero-order valence-corrected chi connectivity index (χ0v) is 34.6. The molecule has 0 bridgehead atoms. The summed E-state index contributed by atoms with van der Waals surface area (Å²) >= 11 is 0. The van der Waals surface area contributed by atoms with Crippen LogP contribution < -0.4 is 0 Å². The maximum absolute atomic E-state index is 2.52. The summed E-state index contributed by atoms with van der Waals surface area (Å²) < 4.78 is 5.04. The van der Waals surface area contributed by atoms with Crippen molar-refractivity contribution in [1.29, 1.82) is 0 Å². The average molecular weight is 689 g/mol. The zero-order chi connectivity index (χ0) is 37.9.